The van der Waals surface area contributed by atoms with Crippen LogP contribution in [0.1, 0.15) is 34.6 Å². The summed E-state index contributed by atoms with van der Waals surface area (Å²) in [6.07, 6.45) is 5.82. The highest BCUT2D eigenvalue weighted by molar-refractivity contribution is 7.75. The SMILES string of the molecule is CC(N)=O.CC[P+](CC)(CC)CC. The molecule has 0 saturated heterocycles. The van der Waals surface area contributed by atoms with Crippen molar-refractivity contribution in [3.8, 4) is 0 Å². The summed E-state index contributed by atoms with van der Waals surface area (Å²) >= 11 is 0. The molecule has 0 atom stereocenters. The van der Waals surface area contributed by atoms with Gasteiger partial charge in [-0.15, -0.1) is 0 Å². The zero-order valence-corrected chi connectivity index (χ0v) is 10.7. The van der Waals surface area contributed by atoms with Gasteiger partial charge in [0.25, 0.3) is 0 Å². The molecule has 0 radical (unpaired) electrons. The number of hydrogen-bond donors (Lipinski definition) is 1. The van der Waals surface area contributed by atoms with Crippen molar-refractivity contribution in [2.24, 2.45) is 5.73 Å². The highest BCUT2D eigenvalue weighted by Gasteiger charge is 2.27. The van der Waals surface area contributed by atoms with Crippen LogP contribution in [0.5, 0.6) is 0 Å². The van der Waals surface area contributed by atoms with Crippen molar-refractivity contribution in [1.82, 2.24) is 0 Å². The van der Waals surface area contributed by atoms with Gasteiger partial charge in [0.1, 0.15) is 0 Å². The van der Waals surface area contributed by atoms with E-state index in [1.807, 2.05) is 0 Å². The summed E-state index contributed by atoms with van der Waals surface area (Å²) in [4.78, 5) is 9.22. The van der Waals surface area contributed by atoms with E-state index in [9.17, 15) is 4.79 Å². The second-order valence-corrected chi connectivity index (χ2v) is 8.43. The molecule has 3 heteroatoms. The van der Waals surface area contributed by atoms with Gasteiger partial charge in [-0.3, -0.25) is 4.79 Å². The molecule has 0 heterocycles. The normalized spacial score (nSPS) is 10.2. The Morgan fingerprint density at radius 2 is 1.15 bits per heavy atom. The molecule has 0 saturated carbocycles. The van der Waals surface area contributed by atoms with Gasteiger partial charge in [0.2, 0.25) is 5.91 Å². The molecule has 2 nitrogen and oxygen atoms in total. The van der Waals surface area contributed by atoms with Crippen LogP contribution >= 0.6 is 7.26 Å². The second kappa shape index (κ2) is 8.50. The van der Waals surface area contributed by atoms with Crippen LogP contribution in [0, 0.1) is 0 Å². The maximum atomic E-state index is 9.22. The molecule has 0 aliphatic heterocycles. The highest BCUT2D eigenvalue weighted by Crippen LogP contribution is 2.57. The van der Waals surface area contributed by atoms with Gasteiger partial charge in [-0.05, 0) is 27.7 Å². The first-order chi connectivity index (χ1) is 5.97. The fourth-order valence-corrected chi connectivity index (χ4v) is 4.02. The van der Waals surface area contributed by atoms with Crippen molar-refractivity contribution < 1.29 is 4.79 Å². The zero-order valence-electron chi connectivity index (χ0n) is 9.76. The Kier molecular flexibility index (Phi) is 10.0. The van der Waals surface area contributed by atoms with Crippen LogP contribution in [-0.2, 0) is 4.79 Å². The second-order valence-electron chi connectivity index (χ2n) is 3.22. The molecule has 0 aromatic heterocycles. The lowest BCUT2D eigenvalue weighted by atomic mass is 10.8. The predicted octanol–water partition coefficient (Wildman–Crippen LogP) is 2.58. The number of hydrogen-bond acceptors (Lipinski definition) is 1. The van der Waals surface area contributed by atoms with Crippen molar-refractivity contribution in [3.63, 3.8) is 0 Å². The molecular weight excluding hydrogens is 181 g/mol. The van der Waals surface area contributed by atoms with Gasteiger partial charge in [-0.1, -0.05) is 0 Å². The van der Waals surface area contributed by atoms with Crippen LogP contribution in [0.3, 0.4) is 0 Å². The lowest BCUT2D eigenvalue weighted by Gasteiger charge is -2.20. The first kappa shape index (κ1) is 15.4. The minimum Gasteiger partial charge on any atom is -0.370 e. The average Bonchev–Trinajstić information content (AvgIpc) is 2.09. The van der Waals surface area contributed by atoms with Crippen LogP contribution in [0.4, 0.5) is 0 Å². The molecule has 0 aromatic carbocycles. The van der Waals surface area contributed by atoms with Crippen molar-refractivity contribution in [1.29, 1.82) is 0 Å². The maximum absolute atomic E-state index is 9.22. The zero-order chi connectivity index (χ0) is 10.9. The summed E-state index contributed by atoms with van der Waals surface area (Å²) in [5.74, 6) is -0.333. The number of rotatable bonds is 4. The topological polar surface area (TPSA) is 43.1 Å². The van der Waals surface area contributed by atoms with Gasteiger partial charge >= 0.3 is 0 Å². The Morgan fingerprint density at radius 3 is 1.15 bits per heavy atom. The summed E-state index contributed by atoms with van der Waals surface area (Å²) < 4.78 is 0. The standard InChI is InChI=1S/C8H20P.C2H5NO/c1-5-9(6-2,7-3)8-4;1-2(3)4/h5-8H2,1-4H3;1H3,(H2,3,4)/q+1;. The van der Waals surface area contributed by atoms with E-state index in [-0.39, 0.29) is 5.91 Å². The van der Waals surface area contributed by atoms with E-state index in [1.54, 1.807) is 0 Å². The van der Waals surface area contributed by atoms with Crippen molar-refractivity contribution in [3.05, 3.63) is 0 Å². The molecule has 0 aliphatic rings. The van der Waals surface area contributed by atoms with E-state index in [1.165, 1.54) is 31.6 Å². The van der Waals surface area contributed by atoms with Crippen molar-refractivity contribution >= 4 is 13.2 Å². The maximum Gasteiger partial charge on any atom is 0.214 e. The molecular formula is C10H25NOP+. The fraction of sp³-hybridized carbons (Fsp3) is 0.900. The molecule has 0 bridgehead atoms. The summed E-state index contributed by atoms with van der Waals surface area (Å²) in [6, 6.07) is 0. The van der Waals surface area contributed by atoms with Crippen LogP contribution in [0.2, 0.25) is 0 Å². The van der Waals surface area contributed by atoms with Crippen molar-refractivity contribution in [2.45, 2.75) is 34.6 Å². The monoisotopic (exact) mass is 206 g/mol. The molecule has 1 amide bonds. The molecule has 0 rings (SSSR count). The summed E-state index contributed by atoms with van der Waals surface area (Å²) in [6.45, 7) is 10.7. The number of amides is 1. The molecule has 0 aromatic rings. The van der Waals surface area contributed by atoms with E-state index in [4.69, 9.17) is 0 Å². The van der Waals surface area contributed by atoms with Gasteiger partial charge in [-0.25, -0.2) is 0 Å². The van der Waals surface area contributed by atoms with Gasteiger partial charge in [-0.2, -0.15) is 0 Å². The van der Waals surface area contributed by atoms with Crippen LogP contribution in [0.15, 0.2) is 0 Å². The number of carbonyl (C=O) groups excluding carboxylic acids is 1. The lowest BCUT2D eigenvalue weighted by molar-refractivity contribution is -0.115. The Bertz CT molecular complexity index is 111. The fourth-order valence-electron chi connectivity index (χ4n) is 1.34. The number of carbonyl (C=O) groups is 1. The van der Waals surface area contributed by atoms with Gasteiger partial charge in [0.15, 0.2) is 0 Å². The molecule has 2 N–H and O–H groups in total. The van der Waals surface area contributed by atoms with Gasteiger partial charge in [0.05, 0.1) is 24.6 Å². The Balaban J connectivity index is 0. The van der Waals surface area contributed by atoms with Crippen molar-refractivity contribution in [2.75, 3.05) is 24.6 Å². The smallest absolute Gasteiger partial charge is 0.214 e. The summed E-state index contributed by atoms with van der Waals surface area (Å²) in [5.41, 5.74) is 4.47. The third-order valence-electron chi connectivity index (χ3n) is 2.68. The van der Waals surface area contributed by atoms with E-state index < -0.39 is 7.26 Å². The lowest BCUT2D eigenvalue weighted by Crippen LogP contribution is -2.04. The molecule has 80 valence electrons. The molecule has 0 fully saturated rings. The third-order valence-corrected chi connectivity index (χ3v) is 8.05. The number of nitrogens with two attached hydrogens (primary N) is 1. The number of primary amides is 1. The largest absolute Gasteiger partial charge is 0.370 e. The Morgan fingerprint density at radius 1 is 1.00 bits per heavy atom. The molecule has 0 aliphatic carbocycles. The summed E-state index contributed by atoms with van der Waals surface area (Å²) in [7, 11) is -0.420. The Hall–Kier alpha value is -0.100. The van der Waals surface area contributed by atoms with E-state index in [0.29, 0.717) is 0 Å². The third kappa shape index (κ3) is 8.24. The minimum atomic E-state index is -0.420. The van der Waals surface area contributed by atoms with Crippen LogP contribution in [0.25, 0.3) is 0 Å². The molecule has 0 unspecified atom stereocenters. The molecule has 13 heavy (non-hydrogen) atoms. The van der Waals surface area contributed by atoms with E-state index in [2.05, 4.69) is 33.4 Å². The highest BCUT2D eigenvalue weighted by atomic mass is 31.2. The summed E-state index contributed by atoms with van der Waals surface area (Å²) in [5, 5.41) is 0. The van der Waals surface area contributed by atoms with E-state index >= 15 is 0 Å². The van der Waals surface area contributed by atoms with Gasteiger partial charge in [0, 0.05) is 14.2 Å². The average molecular weight is 206 g/mol. The van der Waals surface area contributed by atoms with E-state index in [0.717, 1.165) is 0 Å². The quantitative estimate of drug-likeness (QED) is 0.706. The molecule has 0 spiro atoms. The first-order valence-corrected chi connectivity index (χ1v) is 7.62. The van der Waals surface area contributed by atoms with Crippen LogP contribution < -0.4 is 5.73 Å². The van der Waals surface area contributed by atoms with Gasteiger partial charge < -0.3 is 5.73 Å². The van der Waals surface area contributed by atoms with Crippen LogP contribution in [-0.4, -0.2) is 30.6 Å². The first-order valence-electron chi connectivity index (χ1n) is 5.09. The Labute approximate surface area is 83.6 Å². The minimum absolute atomic E-state index is 0.333. The predicted molar refractivity (Wildman–Crippen MR) is 64.0 cm³/mol.